The summed E-state index contributed by atoms with van der Waals surface area (Å²) in [5.41, 5.74) is 1.66. The van der Waals surface area contributed by atoms with Crippen LogP contribution in [0.3, 0.4) is 0 Å². The molecule has 1 aliphatic heterocycles. The van der Waals surface area contributed by atoms with Crippen molar-refractivity contribution in [1.82, 2.24) is 30.2 Å². The zero-order chi connectivity index (χ0) is 15.7. The third-order valence-corrected chi connectivity index (χ3v) is 3.66. The number of nitrogens with one attached hydrogen (secondary N) is 2. The van der Waals surface area contributed by atoms with E-state index in [1.54, 1.807) is 0 Å². The van der Waals surface area contributed by atoms with Gasteiger partial charge < -0.3 is 10.6 Å². The first-order valence-electron chi connectivity index (χ1n) is 7.34. The van der Waals surface area contributed by atoms with Gasteiger partial charge in [-0.25, -0.2) is 9.50 Å². The Morgan fingerprint density at radius 3 is 3.00 bits per heavy atom. The van der Waals surface area contributed by atoms with Crippen molar-refractivity contribution in [1.29, 1.82) is 0 Å². The Bertz CT molecular complexity index is 738. The van der Waals surface area contributed by atoms with E-state index in [1.165, 1.54) is 4.52 Å². The summed E-state index contributed by atoms with van der Waals surface area (Å²) < 4.78 is 1.52. The van der Waals surface area contributed by atoms with Crippen LogP contribution in [0.25, 0.3) is 5.78 Å². The van der Waals surface area contributed by atoms with E-state index in [-0.39, 0.29) is 11.7 Å². The second kappa shape index (κ2) is 5.70. The van der Waals surface area contributed by atoms with Gasteiger partial charge in [0, 0.05) is 17.9 Å². The maximum absolute atomic E-state index is 12.3. The van der Waals surface area contributed by atoms with Gasteiger partial charge in [0.05, 0.1) is 0 Å². The molecule has 0 aromatic carbocycles. The molecule has 1 unspecified atom stereocenters. The third kappa shape index (κ3) is 2.76. The highest BCUT2D eigenvalue weighted by Gasteiger charge is 2.25. The van der Waals surface area contributed by atoms with Crippen LogP contribution in [0.5, 0.6) is 0 Å². The van der Waals surface area contributed by atoms with Crippen LogP contribution in [-0.2, 0) is 4.79 Å². The fourth-order valence-corrected chi connectivity index (χ4v) is 2.56. The van der Waals surface area contributed by atoms with Crippen molar-refractivity contribution in [2.24, 2.45) is 0 Å². The van der Waals surface area contributed by atoms with Crippen molar-refractivity contribution in [3.05, 3.63) is 23.3 Å². The van der Waals surface area contributed by atoms with Gasteiger partial charge in [-0.2, -0.15) is 4.98 Å². The van der Waals surface area contributed by atoms with Crippen LogP contribution in [-0.4, -0.2) is 44.0 Å². The predicted molar refractivity (Wildman–Crippen MR) is 78.4 cm³/mol. The molecule has 2 aromatic heterocycles. The maximum Gasteiger partial charge on any atom is 0.291 e. The largest absolute Gasteiger partial charge is 0.354 e. The third-order valence-electron chi connectivity index (χ3n) is 3.66. The molecule has 1 atom stereocenters. The number of hydrogen-bond donors (Lipinski definition) is 2. The van der Waals surface area contributed by atoms with Crippen molar-refractivity contribution >= 4 is 17.6 Å². The van der Waals surface area contributed by atoms with Crippen molar-refractivity contribution < 1.29 is 9.59 Å². The number of nitrogens with zero attached hydrogens (tertiary/aromatic N) is 4. The Morgan fingerprint density at radius 2 is 2.18 bits per heavy atom. The summed E-state index contributed by atoms with van der Waals surface area (Å²) in [6, 6.07) is 1.33. The monoisotopic (exact) mass is 302 g/mol. The number of aromatic nitrogens is 4. The lowest BCUT2D eigenvalue weighted by Crippen LogP contribution is -2.45. The summed E-state index contributed by atoms with van der Waals surface area (Å²) in [7, 11) is 0. The molecular formula is C14H18N6O2. The van der Waals surface area contributed by atoms with Crippen LogP contribution in [0.4, 0.5) is 0 Å². The Morgan fingerprint density at radius 1 is 1.36 bits per heavy atom. The fourth-order valence-electron chi connectivity index (χ4n) is 2.56. The summed E-state index contributed by atoms with van der Waals surface area (Å²) in [5, 5.41) is 9.65. The summed E-state index contributed by atoms with van der Waals surface area (Å²) in [4.78, 5) is 32.5. The van der Waals surface area contributed by atoms with E-state index in [0.29, 0.717) is 18.7 Å². The molecule has 1 aliphatic rings. The molecule has 0 spiro atoms. The van der Waals surface area contributed by atoms with E-state index in [1.807, 2.05) is 19.9 Å². The molecule has 2 amide bonds. The fraction of sp³-hybridized carbons (Fsp3) is 0.500. The molecule has 3 rings (SSSR count). The summed E-state index contributed by atoms with van der Waals surface area (Å²) in [6.45, 7) is 4.38. The molecule has 8 heteroatoms. The van der Waals surface area contributed by atoms with Crippen LogP contribution < -0.4 is 10.6 Å². The van der Waals surface area contributed by atoms with Crippen molar-refractivity contribution in [3.63, 3.8) is 0 Å². The number of rotatable bonds is 2. The molecule has 0 radical (unpaired) electrons. The zero-order valence-corrected chi connectivity index (χ0v) is 12.6. The molecule has 3 heterocycles. The highest BCUT2D eigenvalue weighted by molar-refractivity contribution is 5.95. The summed E-state index contributed by atoms with van der Waals surface area (Å²) in [5.74, 6) is -0.199. The lowest BCUT2D eigenvalue weighted by Gasteiger charge is -2.13. The molecule has 2 N–H and O–H groups in total. The minimum absolute atomic E-state index is 0.0262. The Hall–Kier alpha value is -2.51. The van der Waals surface area contributed by atoms with Gasteiger partial charge in [-0.3, -0.25) is 9.59 Å². The van der Waals surface area contributed by atoms with Crippen molar-refractivity contribution in [2.75, 3.05) is 6.54 Å². The van der Waals surface area contributed by atoms with Gasteiger partial charge in [-0.1, -0.05) is 0 Å². The van der Waals surface area contributed by atoms with Crippen LogP contribution in [0, 0.1) is 13.8 Å². The van der Waals surface area contributed by atoms with E-state index in [4.69, 9.17) is 0 Å². The highest BCUT2D eigenvalue weighted by Crippen LogP contribution is 2.08. The lowest BCUT2D eigenvalue weighted by molar-refractivity contribution is -0.122. The van der Waals surface area contributed by atoms with Crippen molar-refractivity contribution in [3.8, 4) is 0 Å². The zero-order valence-electron chi connectivity index (χ0n) is 12.6. The van der Waals surface area contributed by atoms with E-state index < -0.39 is 11.9 Å². The van der Waals surface area contributed by atoms with Gasteiger partial charge in [0.2, 0.25) is 11.7 Å². The first-order valence-corrected chi connectivity index (χ1v) is 7.34. The van der Waals surface area contributed by atoms with E-state index in [2.05, 4.69) is 25.7 Å². The van der Waals surface area contributed by atoms with Gasteiger partial charge in [0.1, 0.15) is 6.04 Å². The number of aryl methyl sites for hydroxylation is 2. The highest BCUT2D eigenvalue weighted by atomic mass is 16.2. The Balaban J connectivity index is 1.82. The van der Waals surface area contributed by atoms with Gasteiger partial charge in [0.15, 0.2) is 0 Å². The van der Waals surface area contributed by atoms with E-state index >= 15 is 0 Å². The number of carbonyl (C=O) groups excluding carboxylic acids is 2. The second-order valence-corrected chi connectivity index (χ2v) is 5.50. The predicted octanol–water partition coefficient (Wildman–Crippen LogP) is 0.140. The molecule has 1 fully saturated rings. The SMILES string of the molecule is Cc1cc(C)n2nc(C(=O)NC3CCCCNC3=O)nc2n1. The van der Waals surface area contributed by atoms with Gasteiger partial charge in [-0.15, -0.1) is 5.10 Å². The topological polar surface area (TPSA) is 101 Å². The molecule has 8 nitrogen and oxygen atoms in total. The minimum Gasteiger partial charge on any atom is -0.354 e. The molecule has 0 aliphatic carbocycles. The molecule has 2 aromatic rings. The molecule has 0 bridgehead atoms. The minimum atomic E-state index is -0.530. The van der Waals surface area contributed by atoms with Gasteiger partial charge in [0.25, 0.3) is 11.7 Å². The Labute approximate surface area is 127 Å². The van der Waals surface area contributed by atoms with E-state index in [0.717, 1.165) is 24.2 Å². The lowest BCUT2D eigenvalue weighted by atomic mass is 10.1. The molecule has 0 saturated carbocycles. The molecule has 1 saturated heterocycles. The average molecular weight is 302 g/mol. The standard InChI is InChI=1S/C14H18N6O2/c1-8-7-9(2)20-14(16-8)18-11(19-20)13(22)17-10-5-3-4-6-15-12(10)21/h7,10H,3-6H2,1-2H3,(H,15,21)(H,17,22). The first kappa shape index (κ1) is 14.4. The van der Waals surface area contributed by atoms with Gasteiger partial charge >= 0.3 is 0 Å². The maximum atomic E-state index is 12.3. The summed E-state index contributed by atoms with van der Waals surface area (Å²) >= 11 is 0. The quantitative estimate of drug-likeness (QED) is 0.821. The molecule has 22 heavy (non-hydrogen) atoms. The number of carbonyl (C=O) groups is 2. The van der Waals surface area contributed by atoms with Crippen LogP contribution >= 0.6 is 0 Å². The van der Waals surface area contributed by atoms with Gasteiger partial charge in [-0.05, 0) is 39.2 Å². The molecular weight excluding hydrogens is 284 g/mol. The first-order chi connectivity index (χ1) is 10.5. The van der Waals surface area contributed by atoms with E-state index in [9.17, 15) is 9.59 Å². The number of fused-ring (bicyclic) bond motifs is 1. The average Bonchev–Trinajstić information content (AvgIpc) is 2.79. The number of hydrogen-bond acceptors (Lipinski definition) is 5. The normalized spacial score (nSPS) is 18.8. The molecule has 116 valence electrons. The van der Waals surface area contributed by atoms with Crippen LogP contribution in [0.1, 0.15) is 41.3 Å². The smallest absolute Gasteiger partial charge is 0.291 e. The van der Waals surface area contributed by atoms with Crippen molar-refractivity contribution in [2.45, 2.75) is 39.2 Å². The number of amides is 2. The van der Waals surface area contributed by atoms with Crippen LogP contribution in [0.2, 0.25) is 0 Å². The Kier molecular flexibility index (Phi) is 3.74. The van der Waals surface area contributed by atoms with Crippen LogP contribution in [0.15, 0.2) is 6.07 Å². The second-order valence-electron chi connectivity index (χ2n) is 5.50. The summed E-state index contributed by atoms with van der Waals surface area (Å²) in [6.07, 6.45) is 2.44.